The Morgan fingerprint density at radius 3 is 2.64 bits per heavy atom. The van der Waals surface area contributed by atoms with Crippen molar-refractivity contribution >= 4 is 17.3 Å². The fourth-order valence-corrected chi connectivity index (χ4v) is 5.56. The fourth-order valence-electron chi connectivity index (χ4n) is 5.23. The number of pyridine rings is 1. The van der Waals surface area contributed by atoms with Crippen LogP contribution >= 0.6 is 12.2 Å². The van der Waals surface area contributed by atoms with E-state index in [1.54, 1.807) is 0 Å². The standard InChI is InChI=1S/C23H32N4S/c1-4-14-26-22(21(25-23(26)28)20-12-8-9-13-24-20)19-15-16(2)27(17(19)3)18-10-6-5-7-11-18/h8-9,12-13,15,18,21-22H,4-7,10-11,14H2,1-3H3,(H,25,28). The number of aryl methyl sites for hydroxylation is 1. The lowest BCUT2D eigenvalue weighted by Gasteiger charge is -2.29. The zero-order valence-corrected chi connectivity index (χ0v) is 18.1. The van der Waals surface area contributed by atoms with Gasteiger partial charge in [-0.1, -0.05) is 32.3 Å². The highest BCUT2D eigenvalue weighted by Gasteiger charge is 2.41. The first-order chi connectivity index (χ1) is 13.6. The minimum Gasteiger partial charge on any atom is -0.352 e. The van der Waals surface area contributed by atoms with Crippen LogP contribution in [0.5, 0.6) is 0 Å². The van der Waals surface area contributed by atoms with Gasteiger partial charge in [-0.05, 0) is 69.1 Å². The van der Waals surface area contributed by atoms with Crippen molar-refractivity contribution in [3.05, 3.63) is 53.1 Å². The minimum absolute atomic E-state index is 0.0977. The van der Waals surface area contributed by atoms with E-state index in [1.807, 2.05) is 12.3 Å². The van der Waals surface area contributed by atoms with Crippen molar-refractivity contribution in [2.45, 2.75) is 77.4 Å². The first-order valence-electron chi connectivity index (χ1n) is 10.8. The quantitative estimate of drug-likeness (QED) is 0.687. The van der Waals surface area contributed by atoms with Gasteiger partial charge >= 0.3 is 0 Å². The molecule has 1 aliphatic carbocycles. The van der Waals surface area contributed by atoms with Gasteiger partial charge in [0, 0.05) is 30.2 Å². The summed E-state index contributed by atoms with van der Waals surface area (Å²) in [6.45, 7) is 7.76. The van der Waals surface area contributed by atoms with E-state index in [9.17, 15) is 0 Å². The van der Waals surface area contributed by atoms with E-state index in [2.05, 4.69) is 58.7 Å². The van der Waals surface area contributed by atoms with Gasteiger partial charge in [0.25, 0.3) is 0 Å². The normalized spacial score (nSPS) is 23.2. The molecule has 1 saturated carbocycles. The summed E-state index contributed by atoms with van der Waals surface area (Å²) in [7, 11) is 0. The first kappa shape index (κ1) is 19.4. The van der Waals surface area contributed by atoms with Crippen molar-refractivity contribution in [1.29, 1.82) is 0 Å². The molecule has 2 aromatic rings. The van der Waals surface area contributed by atoms with Crippen LogP contribution in [0.1, 0.15) is 86.2 Å². The Morgan fingerprint density at radius 2 is 1.96 bits per heavy atom. The number of rotatable bonds is 5. The van der Waals surface area contributed by atoms with Gasteiger partial charge in [0.15, 0.2) is 5.11 Å². The molecular formula is C23H32N4S. The van der Waals surface area contributed by atoms with E-state index in [0.29, 0.717) is 6.04 Å². The number of thiocarbonyl (C=S) groups is 1. The number of aromatic nitrogens is 2. The largest absolute Gasteiger partial charge is 0.352 e. The lowest BCUT2D eigenvalue weighted by atomic mass is 9.94. The Hall–Kier alpha value is -1.88. The predicted molar refractivity (Wildman–Crippen MR) is 118 cm³/mol. The maximum atomic E-state index is 5.75. The molecule has 0 spiro atoms. The second-order valence-electron chi connectivity index (χ2n) is 8.31. The molecule has 5 heteroatoms. The molecule has 0 amide bonds. The molecule has 2 atom stereocenters. The molecule has 2 aliphatic rings. The van der Waals surface area contributed by atoms with Gasteiger partial charge in [-0.2, -0.15) is 0 Å². The molecule has 1 N–H and O–H groups in total. The lowest BCUT2D eigenvalue weighted by molar-refractivity contribution is 0.312. The van der Waals surface area contributed by atoms with Crippen molar-refractivity contribution in [2.75, 3.05) is 6.54 Å². The number of nitrogens with one attached hydrogen (secondary N) is 1. The van der Waals surface area contributed by atoms with Crippen molar-refractivity contribution in [2.24, 2.45) is 0 Å². The zero-order chi connectivity index (χ0) is 19.7. The number of hydrogen-bond acceptors (Lipinski definition) is 2. The van der Waals surface area contributed by atoms with Crippen LogP contribution in [0.15, 0.2) is 30.5 Å². The smallest absolute Gasteiger partial charge is 0.170 e. The van der Waals surface area contributed by atoms with Crippen molar-refractivity contribution in [3.63, 3.8) is 0 Å². The van der Waals surface area contributed by atoms with Crippen LogP contribution in [-0.2, 0) is 0 Å². The Morgan fingerprint density at radius 1 is 1.18 bits per heavy atom. The summed E-state index contributed by atoms with van der Waals surface area (Å²) >= 11 is 5.75. The zero-order valence-electron chi connectivity index (χ0n) is 17.3. The van der Waals surface area contributed by atoms with Gasteiger partial charge < -0.3 is 14.8 Å². The van der Waals surface area contributed by atoms with Gasteiger partial charge in [0.05, 0.1) is 17.8 Å². The Bertz CT molecular complexity index is 823. The predicted octanol–water partition coefficient (Wildman–Crippen LogP) is 5.39. The molecule has 1 saturated heterocycles. The average Bonchev–Trinajstić information content (AvgIpc) is 3.19. The van der Waals surface area contributed by atoms with Crippen molar-refractivity contribution < 1.29 is 0 Å². The minimum atomic E-state index is 0.0977. The van der Waals surface area contributed by atoms with Crippen LogP contribution in [0.25, 0.3) is 0 Å². The highest BCUT2D eigenvalue weighted by molar-refractivity contribution is 7.80. The Balaban J connectivity index is 1.76. The molecule has 150 valence electrons. The van der Waals surface area contributed by atoms with Gasteiger partial charge in [-0.3, -0.25) is 4.98 Å². The van der Waals surface area contributed by atoms with Gasteiger partial charge in [-0.25, -0.2) is 0 Å². The summed E-state index contributed by atoms with van der Waals surface area (Å²) < 4.78 is 2.61. The van der Waals surface area contributed by atoms with Crippen LogP contribution in [0.3, 0.4) is 0 Å². The topological polar surface area (TPSA) is 33.1 Å². The van der Waals surface area contributed by atoms with Crippen LogP contribution in [-0.4, -0.2) is 26.1 Å². The third-order valence-electron chi connectivity index (χ3n) is 6.44. The third kappa shape index (κ3) is 3.45. The molecule has 2 unspecified atom stereocenters. The highest BCUT2D eigenvalue weighted by Crippen LogP contribution is 2.42. The van der Waals surface area contributed by atoms with Crippen LogP contribution in [0.4, 0.5) is 0 Å². The monoisotopic (exact) mass is 396 g/mol. The second kappa shape index (κ2) is 8.24. The molecule has 0 aromatic carbocycles. The van der Waals surface area contributed by atoms with Gasteiger partial charge in [-0.15, -0.1) is 0 Å². The van der Waals surface area contributed by atoms with Crippen molar-refractivity contribution in [3.8, 4) is 0 Å². The number of hydrogen-bond donors (Lipinski definition) is 1. The summed E-state index contributed by atoms with van der Waals surface area (Å²) in [5, 5.41) is 4.43. The summed E-state index contributed by atoms with van der Waals surface area (Å²) in [5.41, 5.74) is 5.26. The highest BCUT2D eigenvalue weighted by atomic mass is 32.1. The van der Waals surface area contributed by atoms with E-state index in [1.165, 1.54) is 49.1 Å². The number of nitrogens with zero attached hydrogens (tertiary/aromatic N) is 3. The maximum absolute atomic E-state index is 5.75. The molecule has 1 aliphatic heterocycles. The van der Waals surface area contributed by atoms with Crippen LogP contribution in [0, 0.1) is 13.8 Å². The lowest BCUT2D eigenvalue weighted by Crippen LogP contribution is -2.30. The molecule has 0 radical (unpaired) electrons. The van der Waals surface area contributed by atoms with Crippen LogP contribution in [0.2, 0.25) is 0 Å². The summed E-state index contributed by atoms with van der Waals surface area (Å²) in [5.74, 6) is 0. The summed E-state index contributed by atoms with van der Waals surface area (Å²) in [6, 6.07) is 9.51. The van der Waals surface area contributed by atoms with Crippen LogP contribution < -0.4 is 5.32 Å². The van der Waals surface area contributed by atoms with E-state index in [-0.39, 0.29) is 12.1 Å². The van der Waals surface area contributed by atoms with E-state index < -0.39 is 0 Å². The first-order valence-corrected chi connectivity index (χ1v) is 11.2. The molecule has 3 heterocycles. The fraction of sp³-hybridized carbons (Fsp3) is 0.565. The molecule has 2 aromatic heterocycles. The summed E-state index contributed by atoms with van der Waals surface area (Å²) in [4.78, 5) is 7.04. The third-order valence-corrected chi connectivity index (χ3v) is 6.80. The van der Waals surface area contributed by atoms with E-state index >= 15 is 0 Å². The van der Waals surface area contributed by atoms with Gasteiger partial charge in [0.1, 0.15) is 0 Å². The molecule has 4 rings (SSSR count). The SMILES string of the molecule is CCCN1C(=S)NC(c2ccccn2)C1c1cc(C)n(C2CCCCC2)c1C. The molecule has 2 fully saturated rings. The molecule has 4 nitrogen and oxygen atoms in total. The van der Waals surface area contributed by atoms with E-state index in [0.717, 1.165) is 23.8 Å². The van der Waals surface area contributed by atoms with Crippen molar-refractivity contribution in [1.82, 2.24) is 19.8 Å². The summed E-state index contributed by atoms with van der Waals surface area (Å²) in [6.07, 6.45) is 9.66. The average molecular weight is 397 g/mol. The second-order valence-corrected chi connectivity index (χ2v) is 8.70. The van der Waals surface area contributed by atoms with E-state index in [4.69, 9.17) is 12.2 Å². The molecular weight excluding hydrogens is 364 g/mol. The molecule has 28 heavy (non-hydrogen) atoms. The Labute approximate surface area is 174 Å². The molecule has 0 bridgehead atoms. The Kier molecular flexibility index (Phi) is 5.72. The maximum Gasteiger partial charge on any atom is 0.170 e. The van der Waals surface area contributed by atoms with Gasteiger partial charge in [0.2, 0.25) is 0 Å².